The fraction of sp³-hybridized carbons (Fsp3) is 0.625. The molecule has 0 aliphatic carbocycles. The number of anilines is 2. The Hall–Kier alpha value is -1.89. The third-order valence-corrected chi connectivity index (χ3v) is 4.85. The van der Waals surface area contributed by atoms with Crippen molar-refractivity contribution in [1.82, 2.24) is 4.90 Å². The minimum Gasteiger partial charge on any atom is -0.369 e. The van der Waals surface area contributed by atoms with Gasteiger partial charge in [0.25, 0.3) is 5.69 Å². The van der Waals surface area contributed by atoms with E-state index in [1.165, 1.54) is 0 Å². The molecule has 1 aromatic rings. The molecule has 0 atom stereocenters. The van der Waals surface area contributed by atoms with Crippen molar-refractivity contribution in [2.75, 3.05) is 55.6 Å². The molecule has 1 aromatic carbocycles. The molecule has 0 spiro atoms. The Labute approximate surface area is 135 Å². The summed E-state index contributed by atoms with van der Waals surface area (Å²) in [5.74, 6) is -0.491. The normalized spacial score (nSPS) is 19.4. The molecule has 2 heterocycles. The maximum atomic E-state index is 14.4. The highest BCUT2D eigenvalue weighted by atomic mass is 19.1. The van der Waals surface area contributed by atoms with Crippen LogP contribution in [0.1, 0.15) is 19.8 Å². The number of likely N-dealkylation sites (N-methyl/N-ethyl adjacent to an activating group) is 1. The van der Waals surface area contributed by atoms with Crippen LogP contribution in [-0.4, -0.2) is 55.6 Å². The number of nitro groups is 1. The predicted molar refractivity (Wildman–Crippen MR) is 88.8 cm³/mol. The maximum Gasteiger partial charge on any atom is 0.295 e. The van der Waals surface area contributed by atoms with Gasteiger partial charge in [0, 0.05) is 39.3 Å². The van der Waals surface area contributed by atoms with Gasteiger partial charge in [-0.05, 0) is 25.5 Å². The summed E-state index contributed by atoms with van der Waals surface area (Å²) in [7, 11) is 0. The Morgan fingerprint density at radius 3 is 2.22 bits per heavy atom. The number of hydrogen-bond acceptors (Lipinski definition) is 5. The van der Waals surface area contributed by atoms with E-state index in [0.29, 0.717) is 11.4 Å². The van der Waals surface area contributed by atoms with Crippen molar-refractivity contribution in [3.05, 3.63) is 28.1 Å². The van der Waals surface area contributed by atoms with Crippen LogP contribution in [0.25, 0.3) is 0 Å². The molecular formula is C16H23FN4O2. The third-order valence-electron chi connectivity index (χ3n) is 4.85. The van der Waals surface area contributed by atoms with E-state index in [0.717, 1.165) is 64.7 Å². The van der Waals surface area contributed by atoms with Crippen LogP contribution in [0.15, 0.2) is 12.1 Å². The van der Waals surface area contributed by atoms with Gasteiger partial charge in [-0.25, -0.2) is 4.39 Å². The second kappa shape index (κ2) is 6.70. The second-order valence-corrected chi connectivity index (χ2v) is 6.16. The SMILES string of the molecule is CCN1CCN(c2cc(N3CCCC3)c(F)cc2[N+](=O)[O-])CC1. The molecule has 0 aromatic heterocycles. The highest BCUT2D eigenvalue weighted by Gasteiger charge is 2.27. The quantitative estimate of drug-likeness (QED) is 0.630. The summed E-state index contributed by atoms with van der Waals surface area (Å²) in [6.45, 7) is 7.96. The molecule has 23 heavy (non-hydrogen) atoms. The van der Waals surface area contributed by atoms with E-state index in [1.807, 2.05) is 9.80 Å². The minimum atomic E-state index is -0.491. The van der Waals surface area contributed by atoms with Gasteiger partial charge in [-0.15, -0.1) is 0 Å². The Morgan fingerprint density at radius 1 is 1.04 bits per heavy atom. The molecule has 7 heteroatoms. The van der Waals surface area contributed by atoms with Gasteiger partial charge in [0.1, 0.15) is 5.69 Å². The first kappa shape index (κ1) is 16.0. The van der Waals surface area contributed by atoms with Crippen LogP contribution in [-0.2, 0) is 0 Å². The van der Waals surface area contributed by atoms with Gasteiger partial charge < -0.3 is 14.7 Å². The Kier molecular flexibility index (Phi) is 4.66. The molecule has 0 amide bonds. The molecule has 2 aliphatic rings. The number of rotatable bonds is 4. The summed E-state index contributed by atoms with van der Waals surface area (Å²) in [4.78, 5) is 17.2. The van der Waals surface area contributed by atoms with E-state index in [1.54, 1.807) is 6.07 Å². The van der Waals surface area contributed by atoms with Crippen LogP contribution < -0.4 is 9.80 Å². The highest BCUT2D eigenvalue weighted by Crippen LogP contribution is 2.36. The molecule has 3 rings (SSSR count). The van der Waals surface area contributed by atoms with Crippen molar-refractivity contribution < 1.29 is 9.31 Å². The minimum absolute atomic E-state index is 0.129. The van der Waals surface area contributed by atoms with Crippen LogP contribution in [0, 0.1) is 15.9 Å². The van der Waals surface area contributed by atoms with Gasteiger partial charge >= 0.3 is 0 Å². The molecule has 2 fully saturated rings. The number of nitrogens with zero attached hydrogens (tertiary/aromatic N) is 4. The van der Waals surface area contributed by atoms with Gasteiger partial charge in [0.05, 0.1) is 16.7 Å². The number of halogens is 1. The lowest BCUT2D eigenvalue weighted by atomic mass is 10.1. The first-order valence-corrected chi connectivity index (χ1v) is 8.30. The number of nitro benzene ring substituents is 1. The van der Waals surface area contributed by atoms with Gasteiger partial charge in [-0.2, -0.15) is 0 Å². The van der Waals surface area contributed by atoms with E-state index < -0.39 is 10.7 Å². The zero-order chi connectivity index (χ0) is 16.4. The maximum absolute atomic E-state index is 14.4. The molecule has 2 saturated heterocycles. The molecule has 0 unspecified atom stereocenters. The van der Waals surface area contributed by atoms with Crippen molar-refractivity contribution in [2.24, 2.45) is 0 Å². The zero-order valence-corrected chi connectivity index (χ0v) is 13.5. The topological polar surface area (TPSA) is 52.9 Å². The summed E-state index contributed by atoms with van der Waals surface area (Å²) in [6, 6.07) is 2.77. The number of benzene rings is 1. The molecular weight excluding hydrogens is 299 g/mol. The van der Waals surface area contributed by atoms with Crippen LogP contribution in [0.2, 0.25) is 0 Å². The van der Waals surface area contributed by atoms with Crippen LogP contribution in [0.4, 0.5) is 21.5 Å². The predicted octanol–water partition coefficient (Wildman–Crippen LogP) is 2.48. The first-order chi connectivity index (χ1) is 11.1. The Balaban J connectivity index is 1.93. The fourth-order valence-corrected chi connectivity index (χ4v) is 3.45. The van der Waals surface area contributed by atoms with Crippen LogP contribution >= 0.6 is 0 Å². The lowest BCUT2D eigenvalue weighted by Gasteiger charge is -2.35. The lowest BCUT2D eigenvalue weighted by Crippen LogP contribution is -2.46. The standard InChI is InChI=1S/C16H23FN4O2/c1-2-18-7-9-20(10-8-18)15-12-14(19-5-3-4-6-19)13(17)11-16(15)21(22)23/h11-12H,2-10H2,1H3. The van der Waals surface area contributed by atoms with E-state index in [4.69, 9.17) is 0 Å². The Morgan fingerprint density at radius 2 is 1.65 bits per heavy atom. The van der Waals surface area contributed by atoms with Crippen molar-refractivity contribution in [3.63, 3.8) is 0 Å². The van der Waals surface area contributed by atoms with Gasteiger partial charge in [-0.1, -0.05) is 6.92 Å². The molecule has 0 bridgehead atoms. The highest BCUT2D eigenvalue weighted by molar-refractivity contribution is 5.71. The second-order valence-electron chi connectivity index (χ2n) is 6.16. The summed E-state index contributed by atoms with van der Waals surface area (Å²) in [5.41, 5.74) is 0.922. The average Bonchev–Trinajstić information content (AvgIpc) is 3.09. The van der Waals surface area contributed by atoms with Crippen LogP contribution in [0.5, 0.6) is 0 Å². The summed E-state index contributed by atoms with van der Waals surface area (Å²) < 4.78 is 14.4. The molecule has 0 saturated carbocycles. The summed E-state index contributed by atoms with van der Waals surface area (Å²) in [5, 5.41) is 11.4. The van der Waals surface area contributed by atoms with Crippen molar-refractivity contribution in [2.45, 2.75) is 19.8 Å². The number of piperazine rings is 1. The largest absolute Gasteiger partial charge is 0.369 e. The van der Waals surface area contributed by atoms with Crippen molar-refractivity contribution in [1.29, 1.82) is 0 Å². The molecule has 0 radical (unpaired) electrons. The summed E-state index contributed by atoms with van der Waals surface area (Å²) >= 11 is 0. The van der Waals surface area contributed by atoms with Crippen molar-refractivity contribution >= 4 is 17.1 Å². The van der Waals surface area contributed by atoms with Crippen molar-refractivity contribution in [3.8, 4) is 0 Å². The molecule has 0 N–H and O–H groups in total. The molecule has 6 nitrogen and oxygen atoms in total. The van der Waals surface area contributed by atoms with Gasteiger partial charge in [0.15, 0.2) is 5.82 Å². The third kappa shape index (κ3) is 3.24. The van der Waals surface area contributed by atoms with Gasteiger partial charge in [0.2, 0.25) is 0 Å². The average molecular weight is 322 g/mol. The van der Waals surface area contributed by atoms with E-state index in [9.17, 15) is 14.5 Å². The number of hydrogen-bond donors (Lipinski definition) is 0. The lowest BCUT2D eigenvalue weighted by molar-refractivity contribution is -0.384. The van der Waals surface area contributed by atoms with E-state index >= 15 is 0 Å². The molecule has 126 valence electrons. The van der Waals surface area contributed by atoms with Crippen LogP contribution in [0.3, 0.4) is 0 Å². The van der Waals surface area contributed by atoms with E-state index in [-0.39, 0.29) is 5.69 Å². The zero-order valence-electron chi connectivity index (χ0n) is 13.5. The molecule has 2 aliphatic heterocycles. The summed E-state index contributed by atoms with van der Waals surface area (Å²) in [6.07, 6.45) is 2.09. The fourth-order valence-electron chi connectivity index (χ4n) is 3.45. The Bertz CT molecular complexity index is 582. The smallest absolute Gasteiger partial charge is 0.295 e. The first-order valence-electron chi connectivity index (χ1n) is 8.30. The monoisotopic (exact) mass is 322 g/mol. The van der Waals surface area contributed by atoms with E-state index in [2.05, 4.69) is 11.8 Å². The van der Waals surface area contributed by atoms with Gasteiger partial charge in [-0.3, -0.25) is 10.1 Å².